The molecule has 5 rings (SSSR count). The minimum atomic E-state index is -0.206. The molecule has 176 valence electrons. The number of anilines is 4. The molecule has 0 radical (unpaired) electrons. The largest absolute Gasteiger partial charge is 0.378 e. The molecule has 1 amide bonds. The second-order valence-corrected chi connectivity index (χ2v) is 8.38. The molecule has 0 atom stereocenters. The summed E-state index contributed by atoms with van der Waals surface area (Å²) in [5.41, 5.74) is 4.66. The zero-order valence-corrected chi connectivity index (χ0v) is 19.5. The van der Waals surface area contributed by atoms with Crippen LogP contribution in [0.3, 0.4) is 0 Å². The molecule has 0 bridgehead atoms. The van der Waals surface area contributed by atoms with E-state index in [9.17, 15) is 4.79 Å². The first-order chi connectivity index (χ1) is 17.1. The van der Waals surface area contributed by atoms with Crippen LogP contribution >= 0.6 is 0 Å². The van der Waals surface area contributed by atoms with Gasteiger partial charge in [0.25, 0.3) is 5.91 Å². The predicted molar refractivity (Wildman–Crippen MR) is 139 cm³/mol. The number of amides is 1. The number of morpholine rings is 1. The van der Waals surface area contributed by atoms with E-state index < -0.39 is 0 Å². The van der Waals surface area contributed by atoms with Crippen molar-refractivity contribution in [3.05, 3.63) is 79.1 Å². The molecule has 0 spiro atoms. The number of benzene rings is 2. The highest BCUT2D eigenvalue weighted by Gasteiger charge is 2.13. The monoisotopic (exact) mass is 466 g/mol. The summed E-state index contributed by atoms with van der Waals surface area (Å²) in [5, 5.41) is 7.05. The second kappa shape index (κ2) is 9.90. The molecule has 0 unspecified atom stereocenters. The molecule has 1 fully saturated rings. The van der Waals surface area contributed by atoms with Crippen molar-refractivity contribution in [2.75, 3.05) is 41.8 Å². The van der Waals surface area contributed by atoms with Gasteiger partial charge in [-0.15, -0.1) is 0 Å². The molecule has 1 saturated heterocycles. The molecular formula is C27H26N6O2. The van der Waals surface area contributed by atoms with Gasteiger partial charge in [-0.05, 0) is 36.8 Å². The summed E-state index contributed by atoms with van der Waals surface area (Å²) in [7, 11) is 0. The van der Waals surface area contributed by atoms with Gasteiger partial charge < -0.3 is 20.3 Å². The van der Waals surface area contributed by atoms with Crippen LogP contribution in [0.2, 0.25) is 0 Å². The first kappa shape index (κ1) is 22.5. The highest BCUT2D eigenvalue weighted by molar-refractivity contribution is 6.03. The minimum Gasteiger partial charge on any atom is -0.378 e. The fourth-order valence-corrected chi connectivity index (χ4v) is 3.92. The van der Waals surface area contributed by atoms with Gasteiger partial charge in [-0.2, -0.15) is 0 Å². The molecule has 0 aliphatic carbocycles. The molecule has 35 heavy (non-hydrogen) atoms. The number of rotatable bonds is 6. The number of nitrogens with one attached hydrogen (secondary N) is 2. The van der Waals surface area contributed by atoms with Gasteiger partial charge in [0.15, 0.2) is 0 Å². The number of aromatic nitrogens is 3. The smallest absolute Gasteiger partial charge is 0.250 e. The third kappa shape index (κ3) is 5.12. The van der Waals surface area contributed by atoms with Gasteiger partial charge in [0, 0.05) is 41.5 Å². The van der Waals surface area contributed by atoms with Gasteiger partial charge in [-0.25, -0.2) is 15.0 Å². The molecular weight excluding hydrogens is 440 g/mol. The summed E-state index contributed by atoms with van der Waals surface area (Å²) in [5.74, 6) is 1.21. The fraction of sp³-hybridized carbons (Fsp3) is 0.185. The van der Waals surface area contributed by atoms with Gasteiger partial charge in [0.1, 0.15) is 5.82 Å². The van der Waals surface area contributed by atoms with Crippen LogP contribution in [0.25, 0.3) is 22.0 Å². The lowest BCUT2D eigenvalue weighted by Gasteiger charge is -2.27. The molecule has 1 aliphatic heterocycles. The quantitative estimate of drug-likeness (QED) is 0.395. The van der Waals surface area contributed by atoms with E-state index in [4.69, 9.17) is 9.72 Å². The van der Waals surface area contributed by atoms with Crippen molar-refractivity contribution in [3.8, 4) is 11.1 Å². The van der Waals surface area contributed by atoms with Crippen LogP contribution < -0.4 is 15.5 Å². The number of ether oxygens (including phenoxy) is 1. The standard InChI is InChI=1S/C27H26N6O2/c1-18(2)26(34)30-21-7-3-5-19(15-21)23-8-4-6-20-16-29-27(32-25(20)23)31-22-9-10-24(28-17-22)33-11-13-35-14-12-33/h3-10,15-17H,1,11-14H2,2H3,(H,30,34)(H,29,31,32). The Morgan fingerprint density at radius 3 is 2.60 bits per heavy atom. The Balaban J connectivity index is 1.41. The lowest BCUT2D eigenvalue weighted by Crippen LogP contribution is -2.36. The Hall–Kier alpha value is -4.30. The number of hydrogen-bond donors (Lipinski definition) is 2. The number of nitrogens with zero attached hydrogens (tertiary/aromatic N) is 4. The van der Waals surface area contributed by atoms with Gasteiger partial charge in [0.05, 0.1) is 30.6 Å². The van der Waals surface area contributed by atoms with Gasteiger partial charge in [-0.3, -0.25) is 4.79 Å². The van der Waals surface area contributed by atoms with Crippen LogP contribution in [-0.4, -0.2) is 47.2 Å². The first-order valence-electron chi connectivity index (χ1n) is 11.5. The lowest BCUT2D eigenvalue weighted by molar-refractivity contribution is -0.112. The molecule has 8 heteroatoms. The summed E-state index contributed by atoms with van der Waals surface area (Å²) in [4.78, 5) is 28.1. The summed E-state index contributed by atoms with van der Waals surface area (Å²) >= 11 is 0. The van der Waals surface area contributed by atoms with Crippen molar-refractivity contribution in [3.63, 3.8) is 0 Å². The summed E-state index contributed by atoms with van der Waals surface area (Å²) in [6, 6.07) is 17.6. The van der Waals surface area contributed by atoms with E-state index in [1.54, 1.807) is 19.3 Å². The summed E-state index contributed by atoms with van der Waals surface area (Å²) in [6.45, 7) is 8.50. The molecule has 3 heterocycles. The van der Waals surface area contributed by atoms with Crippen LogP contribution in [0.5, 0.6) is 0 Å². The highest BCUT2D eigenvalue weighted by atomic mass is 16.5. The normalized spacial score (nSPS) is 13.5. The molecule has 2 aromatic heterocycles. The molecule has 4 aromatic rings. The van der Waals surface area contributed by atoms with E-state index >= 15 is 0 Å². The topological polar surface area (TPSA) is 92.3 Å². The lowest BCUT2D eigenvalue weighted by atomic mass is 10.0. The van der Waals surface area contributed by atoms with Crippen molar-refractivity contribution in [2.45, 2.75) is 6.92 Å². The number of hydrogen-bond acceptors (Lipinski definition) is 7. The molecule has 2 N–H and O–H groups in total. The summed E-state index contributed by atoms with van der Waals surface area (Å²) < 4.78 is 5.41. The Morgan fingerprint density at radius 1 is 1.00 bits per heavy atom. The fourth-order valence-electron chi connectivity index (χ4n) is 3.92. The van der Waals surface area contributed by atoms with Gasteiger partial charge in [0.2, 0.25) is 5.95 Å². The van der Waals surface area contributed by atoms with E-state index in [0.29, 0.717) is 17.2 Å². The van der Waals surface area contributed by atoms with Crippen molar-refractivity contribution in [1.29, 1.82) is 0 Å². The van der Waals surface area contributed by atoms with Crippen molar-refractivity contribution >= 4 is 40.0 Å². The maximum absolute atomic E-state index is 12.0. The Labute approximate surface area is 203 Å². The number of carbonyl (C=O) groups excluding carboxylic acids is 1. The predicted octanol–water partition coefficient (Wildman–Crippen LogP) is 4.79. The average molecular weight is 467 g/mol. The van der Waals surface area contributed by atoms with Crippen molar-refractivity contribution in [2.24, 2.45) is 0 Å². The van der Waals surface area contributed by atoms with Gasteiger partial charge >= 0.3 is 0 Å². The van der Waals surface area contributed by atoms with Crippen molar-refractivity contribution < 1.29 is 9.53 Å². The van der Waals surface area contributed by atoms with Gasteiger partial charge in [-0.1, -0.05) is 36.9 Å². The Morgan fingerprint density at radius 2 is 1.83 bits per heavy atom. The minimum absolute atomic E-state index is 0.206. The molecule has 1 aliphatic rings. The molecule has 2 aromatic carbocycles. The maximum atomic E-state index is 12.0. The van der Waals surface area contributed by atoms with Crippen LogP contribution in [0.15, 0.2) is 79.1 Å². The molecule has 0 saturated carbocycles. The van der Waals surface area contributed by atoms with E-state index in [0.717, 1.165) is 59.8 Å². The number of para-hydroxylation sites is 1. The number of fused-ring (bicyclic) bond motifs is 1. The van der Waals surface area contributed by atoms with Crippen LogP contribution in [0.1, 0.15) is 6.92 Å². The Kier molecular flexibility index (Phi) is 6.36. The highest BCUT2D eigenvalue weighted by Crippen LogP contribution is 2.30. The zero-order valence-electron chi connectivity index (χ0n) is 19.5. The van der Waals surface area contributed by atoms with Crippen molar-refractivity contribution in [1.82, 2.24) is 15.0 Å². The SMILES string of the molecule is C=C(C)C(=O)Nc1cccc(-c2cccc3cnc(Nc4ccc(N5CCOCC5)nc4)nc23)c1. The third-order valence-corrected chi connectivity index (χ3v) is 5.77. The maximum Gasteiger partial charge on any atom is 0.250 e. The number of pyridine rings is 1. The first-order valence-corrected chi connectivity index (χ1v) is 11.5. The Bertz CT molecular complexity index is 1380. The second-order valence-electron chi connectivity index (χ2n) is 8.38. The van der Waals surface area contributed by atoms with E-state index in [-0.39, 0.29) is 5.91 Å². The number of carbonyl (C=O) groups is 1. The van der Waals surface area contributed by atoms with Crippen LogP contribution in [0, 0.1) is 0 Å². The average Bonchev–Trinajstić information content (AvgIpc) is 2.89. The van der Waals surface area contributed by atoms with E-state index in [1.807, 2.05) is 54.6 Å². The summed E-state index contributed by atoms with van der Waals surface area (Å²) in [6.07, 6.45) is 3.59. The van der Waals surface area contributed by atoms with E-state index in [1.165, 1.54) is 0 Å². The third-order valence-electron chi connectivity index (χ3n) is 5.77. The van der Waals surface area contributed by atoms with Crippen LogP contribution in [0.4, 0.5) is 23.1 Å². The van der Waals surface area contributed by atoms with Crippen LogP contribution in [-0.2, 0) is 9.53 Å². The van der Waals surface area contributed by atoms with E-state index in [2.05, 4.69) is 32.1 Å². The molecule has 8 nitrogen and oxygen atoms in total. The zero-order chi connectivity index (χ0) is 24.2.